The van der Waals surface area contributed by atoms with E-state index in [2.05, 4.69) is 15.9 Å². The average molecular weight is 515 g/mol. The van der Waals surface area contributed by atoms with Crippen molar-refractivity contribution in [1.29, 1.82) is 0 Å². The number of piperazine rings is 1. The molecule has 0 amide bonds. The van der Waals surface area contributed by atoms with Crippen molar-refractivity contribution < 1.29 is 28.8 Å². The van der Waals surface area contributed by atoms with Gasteiger partial charge in [0.05, 0.1) is 17.7 Å². The van der Waals surface area contributed by atoms with E-state index in [1.807, 2.05) is 43.3 Å². The molecule has 3 heterocycles. The van der Waals surface area contributed by atoms with Crippen LogP contribution < -0.4 is 18.9 Å². The summed E-state index contributed by atoms with van der Waals surface area (Å²) in [5, 5.41) is 10.7. The number of para-hydroxylation sites is 1. The van der Waals surface area contributed by atoms with Crippen molar-refractivity contribution in [3.8, 4) is 28.7 Å². The second-order valence-corrected chi connectivity index (χ2v) is 9.59. The van der Waals surface area contributed by atoms with Crippen LogP contribution in [0.4, 0.5) is 0 Å². The summed E-state index contributed by atoms with van der Waals surface area (Å²) in [6.07, 6.45) is 1.71. The molecule has 1 N–H and O–H groups in total. The van der Waals surface area contributed by atoms with Crippen LogP contribution in [0.15, 0.2) is 60.4 Å². The molecule has 0 aliphatic carbocycles. The van der Waals surface area contributed by atoms with E-state index in [1.165, 1.54) is 5.56 Å². The molecule has 1 fully saturated rings. The number of benzene rings is 3. The fourth-order valence-corrected chi connectivity index (χ4v) is 5.10. The zero-order chi connectivity index (χ0) is 26.1. The molecule has 38 heavy (non-hydrogen) atoms. The molecule has 0 unspecified atom stereocenters. The largest absolute Gasteiger partial charge is 0.507 e. The molecule has 6 rings (SSSR count). The van der Waals surface area contributed by atoms with Gasteiger partial charge in [-0.25, -0.2) is 0 Å². The number of phenolic OH excluding ortho intramolecular Hbond substituents is 1. The van der Waals surface area contributed by atoms with Gasteiger partial charge >= 0.3 is 0 Å². The lowest BCUT2D eigenvalue weighted by molar-refractivity contribution is 0.101. The van der Waals surface area contributed by atoms with Gasteiger partial charge in [0, 0.05) is 44.8 Å². The molecule has 3 aromatic rings. The molecular weight excluding hydrogens is 484 g/mol. The molecule has 0 atom stereocenters. The Morgan fingerprint density at radius 1 is 0.947 bits per heavy atom. The fraction of sp³-hybridized carbons (Fsp3) is 0.300. The highest BCUT2D eigenvalue weighted by atomic mass is 16.7. The van der Waals surface area contributed by atoms with Gasteiger partial charge in [0.2, 0.25) is 12.6 Å². The second-order valence-electron chi connectivity index (χ2n) is 9.59. The second kappa shape index (κ2) is 10.4. The number of phenols is 1. The highest BCUT2D eigenvalue weighted by molar-refractivity contribution is 6.15. The molecule has 3 aromatic carbocycles. The minimum absolute atomic E-state index is 0.135. The lowest BCUT2D eigenvalue weighted by Crippen LogP contribution is -2.45. The van der Waals surface area contributed by atoms with Gasteiger partial charge in [-0.05, 0) is 48.9 Å². The van der Waals surface area contributed by atoms with Gasteiger partial charge in [0.25, 0.3) is 0 Å². The first-order valence-corrected chi connectivity index (χ1v) is 12.9. The Hall–Kier alpha value is -4.01. The van der Waals surface area contributed by atoms with Crippen LogP contribution >= 0.6 is 0 Å². The van der Waals surface area contributed by atoms with Gasteiger partial charge in [-0.15, -0.1) is 0 Å². The molecule has 0 radical (unpaired) electrons. The van der Waals surface area contributed by atoms with Gasteiger partial charge < -0.3 is 24.1 Å². The summed E-state index contributed by atoms with van der Waals surface area (Å²) in [5.74, 6) is 2.91. The Balaban J connectivity index is 1.13. The molecule has 0 saturated carbocycles. The predicted molar refractivity (Wildman–Crippen MR) is 142 cm³/mol. The molecule has 196 valence electrons. The Kier molecular flexibility index (Phi) is 6.66. The van der Waals surface area contributed by atoms with Gasteiger partial charge in [0.1, 0.15) is 17.2 Å². The van der Waals surface area contributed by atoms with Crippen LogP contribution in [-0.4, -0.2) is 60.3 Å². The minimum atomic E-state index is -0.193. The number of hydrogen-bond acceptors (Lipinski definition) is 8. The van der Waals surface area contributed by atoms with Crippen molar-refractivity contribution in [2.45, 2.75) is 20.0 Å². The molecular formula is C30H30N2O6. The summed E-state index contributed by atoms with van der Waals surface area (Å²) in [7, 11) is 0. The fourth-order valence-electron chi connectivity index (χ4n) is 5.10. The molecule has 0 bridgehead atoms. The number of Topliss-reactive ketones (excluding diaryl/α,β-unsaturated/α-hetero) is 1. The van der Waals surface area contributed by atoms with Gasteiger partial charge in [-0.1, -0.05) is 24.3 Å². The molecule has 3 aliphatic heterocycles. The van der Waals surface area contributed by atoms with Crippen molar-refractivity contribution >= 4 is 11.9 Å². The van der Waals surface area contributed by atoms with E-state index in [1.54, 1.807) is 18.2 Å². The maximum Gasteiger partial charge on any atom is 0.231 e. The first-order chi connectivity index (χ1) is 18.6. The zero-order valence-corrected chi connectivity index (χ0v) is 21.3. The van der Waals surface area contributed by atoms with Crippen LogP contribution in [0.1, 0.15) is 34.0 Å². The zero-order valence-electron chi connectivity index (χ0n) is 21.3. The van der Waals surface area contributed by atoms with Crippen LogP contribution in [0, 0.1) is 0 Å². The molecule has 8 nitrogen and oxygen atoms in total. The van der Waals surface area contributed by atoms with Gasteiger partial charge in [-0.2, -0.15) is 0 Å². The third-order valence-electron chi connectivity index (χ3n) is 7.11. The van der Waals surface area contributed by atoms with Crippen molar-refractivity contribution in [2.75, 3.05) is 39.6 Å². The van der Waals surface area contributed by atoms with Gasteiger partial charge in [-0.3, -0.25) is 14.6 Å². The van der Waals surface area contributed by atoms with E-state index in [9.17, 15) is 9.90 Å². The first kappa shape index (κ1) is 24.3. The summed E-state index contributed by atoms with van der Waals surface area (Å²) < 4.78 is 22.7. The van der Waals surface area contributed by atoms with E-state index >= 15 is 0 Å². The lowest BCUT2D eigenvalue weighted by atomic mass is 10.0. The topological polar surface area (TPSA) is 80.7 Å². The highest BCUT2D eigenvalue weighted by Crippen LogP contribution is 2.41. The summed E-state index contributed by atoms with van der Waals surface area (Å²) in [5.41, 5.74) is 3.08. The predicted octanol–water partition coefficient (Wildman–Crippen LogP) is 4.45. The number of rotatable bonds is 7. The molecule has 3 aliphatic rings. The number of carbonyl (C=O) groups is 1. The third-order valence-corrected chi connectivity index (χ3v) is 7.11. The number of ketones is 1. The Bertz CT molecular complexity index is 1390. The van der Waals surface area contributed by atoms with Crippen LogP contribution in [0.2, 0.25) is 0 Å². The molecule has 8 heteroatoms. The van der Waals surface area contributed by atoms with E-state index in [4.69, 9.17) is 18.9 Å². The molecule has 0 spiro atoms. The van der Waals surface area contributed by atoms with Crippen molar-refractivity contribution in [1.82, 2.24) is 9.80 Å². The Labute approximate surface area is 221 Å². The summed E-state index contributed by atoms with van der Waals surface area (Å²) in [6.45, 7) is 7.53. The molecule has 1 saturated heterocycles. The van der Waals surface area contributed by atoms with Crippen LogP contribution in [0.25, 0.3) is 6.08 Å². The van der Waals surface area contributed by atoms with E-state index < -0.39 is 0 Å². The monoisotopic (exact) mass is 514 g/mol. The number of ether oxygens (including phenoxy) is 4. The first-order valence-electron chi connectivity index (χ1n) is 12.9. The quantitative estimate of drug-likeness (QED) is 0.463. The normalized spacial score (nSPS) is 18.0. The standard InChI is InChI=1S/C30H30N2O6/c1-2-35-25-6-4-3-5-21(25)16-28-29(34)22-8-9-24(33)23(30(22)38-28)18-32-13-11-31(12-14-32)17-20-7-10-26-27(15-20)37-19-36-26/h3-10,15-16,33H,2,11-14,17-19H2,1H3/b28-16-. The number of aromatic hydroxyl groups is 1. The third kappa shape index (κ3) is 4.80. The van der Waals surface area contributed by atoms with Crippen LogP contribution in [0.3, 0.4) is 0 Å². The number of fused-ring (bicyclic) bond motifs is 2. The van der Waals surface area contributed by atoms with E-state index in [-0.39, 0.29) is 24.1 Å². The van der Waals surface area contributed by atoms with Crippen molar-refractivity contribution in [3.63, 3.8) is 0 Å². The number of allylic oxidation sites excluding steroid dienone is 1. The summed E-state index contributed by atoms with van der Waals surface area (Å²) in [6, 6.07) is 16.9. The summed E-state index contributed by atoms with van der Waals surface area (Å²) in [4.78, 5) is 17.8. The maximum atomic E-state index is 13.2. The number of carbonyl (C=O) groups excluding carboxylic acids is 1. The average Bonchev–Trinajstić information content (AvgIpc) is 3.52. The number of hydrogen-bond donors (Lipinski definition) is 1. The Morgan fingerprint density at radius 3 is 2.53 bits per heavy atom. The van der Waals surface area contributed by atoms with E-state index in [0.717, 1.165) is 49.8 Å². The Morgan fingerprint density at radius 2 is 1.71 bits per heavy atom. The lowest BCUT2D eigenvalue weighted by Gasteiger charge is -2.35. The molecule has 0 aromatic heterocycles. The van der Waals surface area contributed by atoms with Gasteiger partial charge in [0.15, 0.2) is 17.3 Å². The van der Waals surface area contributed by atoms with Crippen molar-refractivity contribution in [3.05, 3.63) is 82.6 Å². The number of nitrogens with zero attached hydrogens (tertiary/aromatic N) is 2. The summed E-state index contributed by atoms with van der Waals surface area (Å²) >= 11 is 0. The van der Waals surface area contributed by atoms with Crippen molar-refractivity contribution in [2.24, 2.45) is 0 Å². The smallest absolute Gasteiger partial charge is 0.231 e. The van der Waals surface area contributed by atoms with Crippen LogP contribution in [-0.2, 0) is 13.1 Å². The maximum absolute atomic E-state index is 13.2. The van der Waals surface area contributed by atoms with E-state index in [0.29, 0.717) is 35.8 Å². The minimum Gasteiger partial charge on any atom is -0.507 e. The highest BCUT2D eigenvalue weighted by Gasteiger charge is 2.32. The van der Waals surface area contributed by atoms with Crippen LogP contribution in [0.5, 0.6) is 28.7 Å². The SMILES string of the molecule is CCOc1ccccc1/C=C1\Oc2c(ccc(O)c2CN2CCN(Cc3ccc4c(c3)OCO4)CC2)C1=O.